The zero-order valence-corrected chi connectivity index (χ0v) is 12.9. The van der Waals surface area contributed by atoms with Crippen molar-refractivity contribution in [1.82, 2.24) is 18.9 Å². The molecule has 0 unspecified atom stereocenters. The number of nitrogens with zero attached hydrogens (tertiary/aromatic N) is 4. The Labute approximate surface area is 139 Å². The van der Waals surface area contributed by atoms with E-state index in [2.05, 4.69) is 16.5 Å². The van der Waals surface area contributed by atoms with Crippen LogP contribution in [0.25, 0.3) is 22.5 Å². The van der Waals surface area contributed by atoms with Crippen LogP contribution in [0.1, 0.15) is 11.3 Å². The third-order valence-corrected chi connectivity index (χ3v) is 4.02. The summed E-state index contributed by atoms with van der Waals surface area (Å²) in [7, 11) is 5.87. The summed E-state index contributed by atoms with van der Waals surface area (Å²) < 4.78 is 3.54. The molecule has 4 aromatic rings. The van der Waals surface area contributed by atoms with Gasteiger partial charge in [-0.1, -0.05) is 18.1 Å². The van der Waals surface area contributed by atoms with Crippen molar-refractivity contribution in [2.75, 3.05) is 0 Å². The molecule has 4 aromatic heterocycles. The molecule has 4 rings (SSSR count). The highest BCUT2D eigenvalue weighted by Gasteiger charge is 2.08. The largest absolute Gasteiger partial charge is 0.309 e. The number of imidazole rings is 1. The van der Waals surface area contributed by atoms with Gasteiger partial charge in [0.15, 0.2) is 0 Å². The Kier molecular flexibility index (Phi) is 3.31. The minimum absolute atomic E-state index is 0.129. The Balaban J connectivity index is 1.78. The lowest BCUT2D eigenvalue weighted by Crippen LogP contribution is -2.22. The van der Waals surface area contributed by atoms with E-state index in [1.54, 1.807) is 29.2 Å². The molecule has 24 heavy (non-hydrogen) atoms. The molecule has 0 saturated heterocycles. The summed E-state index contributed by atoms with van der Waals surface area (Å²) in [5.41, 5.74) is 3.01. The van der Waals surface area contributed by atoms with Crippen LogP contribution in [0.5, 0.6) is 0 Å². The molecule has 4 heterocycles. The summed E-state index contributed by atoms with van der Waals surface area (Å²) in [4.78, 5) is 21.2. The maximum absolute atomic E-state index is 12.6. The third-order valence-electron chi connectivity index (χ3n) is 4.02. The number of pyridine rings is 3. The summed E-state index contributed by atoms with van der Waals surface area (Å²) >= 11 is 0. The standard InChI is InChI=1S/C18H13BN4O/c1-2-12-3-4-17-21-13(11-23(17)9-12)10-22-6-5-14-15(18(22)24)7-20-8-16(14)19/h2-9,11H,1,10H2. The predicted octanol–water partition coefficient (Wildman–Crippen LogP) is 1.53. The summed E-state index contributed by atoms with van der Waals surface area (Å²) in [5.74, 6) is 0. The number of aromatic nitrogens is 4. The molecule has 0 saturated carbocycles. The van der Waals surface area contributed by atoms with Crippen LogP contribution in [-0.4, -0.2) is 26.8 Å². The molecule has 0 amide bonds. The SMILES string of the molecule is [B]c1cncc2c(=O)n(Cc3cn4cc(C=C)ccc4n3)ccc12. The summed E-state index contributed by atoms with van der Waals surface area (Å²) in [6.07, 6.45) is 10.5. The van der Waals surface area contributed by atoms with Gasteiger partial charge in [0.2, 0.25) is 0 Å². The van der Waals surface area contributed by atoms with E-state index in [1.165, 1.54) is 0 Å². The van der Waals surface area contributed by atoms with Crippen LogP contribution in [0.4, 0.5) is 0 Å². The van der Waals surface area contributed by atoms with Gasteiger partial charge in [-0.2, -0.15) is 0 Å². The van der Waals surface area contributed by atoms with Gasteiger partial charge in [-0.25, -0.2) is 4.98 Å². The minimum atomic E-state index is -0.129. The molecular weight excluding hydrogens is 299 g/mol. The maximum atomic E-state index is 12.6. The van der Waals surface area contributed by atoms with E-state index in [-0.39, 0.29) is 5.56 Å². The highest BCUT2D eigenvalue weighted by molar-refractivity contribution is 6.38. The normalized spacial score (nSPS) is 11.2. The second kappa shape index (κ2) is 5.49. The summed E-state index contributed by atoms with van der Waals surface area (Å²) in [5, 5.41) is 1.23. The van der Waals surface area contributed by atoms with Crippen LogP contribution in [0.2, 0.25) is 0 Å². The van der Waals surface area contributed by atoms with Gasteiger partial charge in [0.05, 0.1) is 17.6 Å². The fraction of sp³-hybridized carbons (Fsp3) is 0.0556. The molecule has 5 nitrogen and oxygen atoms in total. The number of rotatable bonds is 3. The molecule has 0 fully saturated rings. The first-order chi connectivity index (χ1) is 11.7. The quantitative estimate of drug-likeness (QED) is 0.539. The van der Waals surface area contributed by atoms with Gasteiger partial charge in [0.25, 0.3) is 5.56 Å². The van der Waals surface area contributed by atoms with Crippen molar-refractivity contribution in [2.24, 2.45) is 0 Å². The van der Waals surface area contributed by atoms with Crippen molar-refractivity contribution in [3.63, 3.8) is 0 Å². The van der Waals surface area contributed by atoms with Gasteiger partial charge < -0.3 is 8.97 Å². The highest BCUT2D eigenvalue weighted by Crippen LogP contribution is 2.10. The average molecular weight is 312 g/mol. The Morgan fingerprint density at radius 3 is 2.88 bits per heavy atom. The van der Waals surface area contributed by atoms with E-state index in [0.29, 0.717) is 17.4 Å². The van der Waals surface area contributed by atoms with Gasteiger partial charge in [0, 0.05) is 31.0 Å². The van der Waals surface area contributed by atoms with Gasteiger partial charge in [-0.15, -0.1) is 0 Å². The first kappa shape index (κ1) is 14.4. The van der Waals surface area contributed by atoms with Gasteiger partial charge >= 0.3 is 0 Å². The van der Waals surface area contributed by atoms with Crippen molar-refractivity contribution >= 4 is 35.8 Å². The van der Waals surface area contributed by atoms with Crippen molar-refractivity contribution in [3.8, 4) is 0 Å². The molecule has 6 heteroatoms. The minimum Gasteiger partial charge on any atom is -0.309 e. The zero-order valence-electron chi connectivity index (χ0n) is 12.9. The molecule has 0 spiro atoms. The lowest BCUT2D eigenvalue weighted by atomic mass is 9.93. The maximum Gasteiger partial charge on any atom is 0.260 e. The lowest BCUT2D eigenvalue weighted by Gasteiger charge is -2.06. The second-order valence-electron chi connectivity index (χ2n) is 5.60. The molecule has 0 N–H and O–H groups in total. The number of fused-ring (bicyclic) bond motifs is 2. The van der Waals surface area contributed by atoms with Crippen LogP contribution in [0.3, 0.4) is 0 Å². The van der Waals surface area contributed by atoms with Gasteiger partial charge in [-0.3, -0.25) is 9.78 Å². The van der Waals surface area contributed by atoms with Gasteiger partial charge in [-0.05, 0) is 29.1 Å². The van der Waals surface area contributed by atoms with E-state index >= 15 is 0 Å². The van der Waals surface area contributed by atoms with Crippen molar-refractivity contribution in [1.29, 1.82) is 0 Å². The Morgan fingerprint density at radius 2 is 2.04 bits per heavy atom. The molecule has 0 atom stereocenters. The lowest BCUT2D eigenvalue weighted by molar-refractivity contribution is 0.752. The van der Waals surface area contributed by atoms with Crippen LogP contribution in [-0.2, 0) is 6.54 Å². The fourth-order valence-corrected chi connectivity index (χ4v) is 2.79. The predicted molar refractivity (Wildman–Crippen MR) is 95.8 cm³/mol. The van der Waals surface area contributed by atoms with Crippen LogP contribution < -0.4 is 11.0 Å². The van der Waals surface area contributed by atoms with Crippen molar-refractivity contribution in [2.45, 2.75) is 6.54 Å². The molecule has 0 aliphatic carbocycles. The average Bonchev–Trinajstić information content (AvgIpc) is 2.99. The first-order valence-electron chi connectivity index (χ1n) is 7.48. The van der Waals surface area contributed by atoms with E-state index in [1.807, 2.05) is 35.0 Å². The molecule has 0 aliphatic heterocycles. The summed E-state index contributed by atoms with van der Waals surface area (Å²) in [6.45, 7) is 4.15. The Hall–Kier alpha value is -3.15. The monoisotopic (exact) mass is 312 g/mol. The van der Waals surface area contributed by atoms with Crippen molar-refractivity contribution < 1.29 is 0 Å². The third kappa shape index (κ3) is 2.32. The number of hydrogen-bond donors (Lipinski definition) is 0. The smallest absolute Gasteiger partial charge is 0.260 e. The van der Waals surface area contributed by atoms with E-state index in [0.717, 1.165) is 22.3 Å². The van der Waals surface area contributed by atoms with E-state index < -0.39 is 0 Å². The van der Waals surface area contributed by atoms with Crippen LogP contribution in [0.15, 0.2) is 60.6 Å². The topological polar surface area (TPSA) is 52.2 Å². The van der Waals surface area contributed by atoms with E-state index in [9.17, 15) is 4.79 Å². The zero-order chi connectivity index (χ0) is 16.7. The molecule has 0 aliphatic rings. The van der Waals surface area contributed by atoms with Crippen LogP contribution in [0, 0.1) is 0 Å². The van der Waals surface area contributed by atoms with Gasteiger partial charge in [0.1, 0.15) is 13.5 Å². The molecule has 0 bridgehead atoms. The van der Waals surface area contributed by atoms with Crippen molar-refractivity contribution in [3.05, 3.63) is 77.4 Å². The van der Waals surface area contributed by atoms with E-state index in [4.69, 9.17) is 7.85 Å². The Morgan fingerprint density at radius 1 is 1.17 bits per heavy atom. The Bertz CT molecular complexity index is 1140. The fourth-order valence-electron chi connectivity index (χ4n) is 2.79. The first-order valence-corrected chi connectivity index (χ1v) is 7.48. The number of hydrogen-bond acceptors (Lipinski definition) is 3. The molecular formula is C18H13BN4O. The molecule has 0 aromatic carbocycles. The second-order valence-corrected chi connectivity index (χ2v) is 5.60. The summed E-state index contributed by atoms with van der Waals surface area (Å²) in [6, 6.07) is 5.71. The highest BCUT2D eigenvalue weighted by atomic mass is 16.1. The molecule has 2 radical (unpaired) electrons. The van der Waals surface area contributed by atoms with Crippen LogP contribution >= 0.6 is 0 Å². The molecule has 114 valence electrons.